The van der Waals surface area contributed by atoms with Crippen LogP contribution in [0.2, 0.25) is 10.0 Å². The van der Waals surface area contributed by atoms with Crippen LogP contribution in [0.15, 0.2) is 48.7 Å². The molecule has 0 aliphatic heterocycles. The van der Waals surface area contributed by atoms with E-state index in [0.717, 1.165) is 11.1 Å². The van der Waals surface area contributed by atoms with Gasteiger partial charge in [-0.3, -0.25) is 0 Å². The summed E-state index contributed by atoms with van der Waals surface area (Å²) >= 11 is 11.8. The van der Waals surface area contributed by atoms with E-state index in [0.29, 0.717) is 15.7 Å². The Hall–Kier alpha value is -1.97. The Kier molecular flexibility index (Phi) is 5.26. The average Bonchev–Trinajstić information content (AvgIpc) is 2.45. The normalized spacial score (nSPS) is 10.6. The van der Waals surface area contributed by atoms with Crippen molar-refractivity contribution in [1.82, 2.24) is 5.32 Å². The van der Waals surface area contributed by atoms with Gasteiger partial charge in [0.2, 0.25) is 0 Å². The minimum Gasteiger partial charge on any atom is -0.314 e. The number of amides is 2. The van der Waals surface area contributed by atoms with E-state index in [-0.39, 0.29) is 6.03 Å². The van der Waals surface area contributed by atoms with Gasteiger partial charge in [-0.05, 0) is 48.4 Å². The zero-order chi connectivity index (χ0) is 15.2. The smallest absolute Gasteiger partial charge is 0.314 e. The van der Waals surface area contributed by atoms with Crippen molar-refractivity contribution in [3.63, 3.8) is 0 Å². The van der Waals surface area contributed by atoms with Crippen LogP contribution in [0.5, 0.6) is 0 Å². The molecule has 2 aromatic rings. The Morgan fingerprint density at radius 1 is 1.10 bits per heavy atom. The third-order valence-electron chi connectivity index (χ3n) is 2.79. The van der Waals surface area contributed by atoms with Crippen molar-refractivity contribution in [2.24, 2.45) is 0 Å². The van der Waals surface area contributed by atoms with E-state index < -0.39 is 0 Å². The van der Waals surface area contributed by atoms with Gasteiger partial charge < -0.3 is 10.6 Å². The molecule has 2 rings (SSSR count). The molecule has 0 aliphatic carbocycles. The second-order valence-electron chi connectivity index (χ2n) is 4.45. The molecular formula is C16H14Cl2N2O. The molecule has 108 valence electrons. The van der Waals surface area contributed by atoms with E-state index in [2.05, 4.69) is 10.6 Å². The van der Waals surface area contributed by atoms with E-state index in [1.54, 1.807) is 36.5 Å². The first-order chi connectivity index (χ1) is 10.0. The first-order valence-electron chi connectivity index (χ1n) is 6.30. The molecule has 0 aliphatic rings. The average molecular weight is 321 g/mol. The lowest BCUT2D eigenvalue weighted by molar-refractivity contribution is 0.255. The van der Waals surface area contributed by atoms with Crippen molar-refractivity contribution in [1.29, 1.82) is 0 Å². The van der Waals surface area contributed by atoms with Crippen molar-refractivity contribution < 1.29 is 4.79 Å². The Bertz CT molecular complexity index is 666. The summed E-state index contributed by atoms with van der Waals surface area (Å²) in [5.74, 6) is 0. The Morgan fingerprint density at radius 2 is 1.81 bits per heavy atom. The van der Waals surface area contributed by atoms with Crippen LogP contribution in [0.3, 0.4) is 0 Å². The number of halogens is 2. The van der Waals surface area contributed by atoms with Crippen molar-refractivity contribution in [2.45, 2.75) is 6.92 Å². The topological polar surface area (TPSA) is 41.1 Å². The predicted molar refractivity (Wildman–Crippen MR) is 88.8 cm³/mol. The highest BCUT2D eigenvalue weighted by Crippen LogP contribution is 2.19. The molecule has 0 saturated heterocycles. The van der Waals surface area contributed by atoms with E-state index in [9.17, 15) is 4.79 Å². The highest BCUT2D eigenvalue weighted by Gasteiger charge is 2.01. The predicted octanol–water partition coefficient (Wildman–Crippen LogP) is 5.09. The van der Waals surface area contributed by atoms with Gasteiger partial charge in [0.15, 0.2) is 0 Å². The molecule has 0 aromatic heterocycles. The fourth-order valence-electron chi connectivity index (χ4n) is 1.63. The number of anilines is 1. The van der Waals surface area contributed by atoms with Gasteiger partial charge in [-0.15, -0.1) is 0 Å². The molecule has 0 spiro atoms. The van der Waals surface area contributed by atoms with Crippen molar-refractivity contribution in [2.75, 3.05) is 5.32 Å². The number of urea groups is 1. The lowest BCUT2D eigenvalue weighted by Crippen LogP contribution is -2.23. The number of benzene rings is 2. The summed E-state index contributed by atoms with van der Waals surface area (Å²) in [6.07, 6.45) is 3.34. The molecule has 0 fully saturated rings. The van der Waals surface area contributed by atoms with E-state index in [4.69, 9.17) is 23.2 Å². The van der Waals surface area contributed by atoms with E-state index >= 15 is 0 Å². The van der Waals surface area contributed by atoms with Gasteiger partial charge in [0, 0.05) is 21.9 Å². The number of hydrogen-bond acceptors (Lipinski definition) is 1. The van der Waals surface area contributed by atoms with E-state index in [1.165, 1.54) is 0 Å². The lowest BCUT2D eigenvalue weighted by Gasteiger charge is -2.06. The van der Waals surface area contributed by atoms with Crippen LogP contribution >= 0.6 is 23.2 Å². The Morgan fingerprint density at radius 3 is 2.48 bits per heavy atom. The minimum absolute atomic E-state index is 0.333. The van der Waals surface area contributed by atoms with Gasteiger partial charge in [0.05, 0.1) is 0 Å². The molecular weight excluding hydrogens is 307 g/mol. The molecule has 0 unspecified atom stereocenters. The largest absolute Gasteiger partial charge is 0.323 e. The number of rotatable bonds is 3. The Balaban J connectivity index is 1.89. The van der Waals surface area contributed by atoms with Crippen LogP contribution in [0, 0.1) is 6.92 Å². The minimum atomic E-state index is -0.333. The second kappa shape index (κ2) is 7.16. The van der Waals surface area contributed by atoms with Gasteiger partial charge in [-0.2, -0.15) is 0 Å². The highest BCUT2D eigenvalue weighted by molar-refractivity contribution is 6.31. The summed E-state index contributed by atoms with van der Waals surface area (Å²) in [5.41, 5.74) is 2.55. The number of carbonyl (C=O) groups excluding carboxylic acids is 1. The van der Waals surface area contributed by atoms with Crippen molar-refractivity contribution in [3.05, 3.63) is 69.8 Å². The molecule has 0 atom stereocenters. The molecule has 0 saturated carbocycles. The monoisotopic (exact) mass is 320 g/mol. The first-order valence-corrected chi connectivity index (χ1v) is 7.06. The summed E-state index contributed by atoms with van der Waals surface area (Å²) in [5, 5.41) is 6.61. The number of hydrogen-bond donors (Lipinski definition) is 2. The van der Waals surface area contributed by atoms with Crippen LogP contribution in [0.1, 0.15) is 11.1 Å². The van der Waals surface area contributed by atoms with Crippen LogP contribution in [-0.2, 0) is 0 Å². The number of carbonyl (C=O) groups is 1. The quantitative estimate of drug-likeness (QED) is 0.812. The summed E-state index contributed by atoms with van der Waals surface area (Å²) < 4.78 is 0. The van der Waals surface area contributed by atoms with Gasteiger partial charge in [0.25, 0.3) is 0 Å². The van der Waals surface area contributed by atoms with Crippen LogP contribution in [-0.4, -0.2) is 6.03 Å². The van der Waals surface area contributed by atoms with Crippen molar-refractivity contribution in [3.8, 4) is 0 Å². The van der Waals surface area contributed by atoms with Crippen molar-refractivity contribution >= 4 is 41.0 Å². The number of aryl methyl sites for hydroxylation is 1. The maximum absolute atomic E-state index is 11.7. The fraction of sp³-hybridized carbons (Fsp3) is 0.0625. The third-order valence-corrected chi connectivity index (χ3v) is 3.45. The highest BCUT2D eigenvalue weighted by atomic mass is 35.5. The zero-order valence-corrected chi connectivity index (χ0v) is 12.9. The third kappa shape index (κ3) is 4.81. The molecule has 3 nitrogen and oxygen atoms in total. The maximum atomic E-state index is 11.7. The summed E-state index contributed by atoms with van der Waals surface area (Å²) in [4.78, 5) is 11.7. The molecule has 0 bridgehead atoms. The van der Waals surface area contributed by atoms with E-state index in [1.807, 2.05) is 25.1 Å². The fourth-order valence-corrected chi connectivity index (χ4v) is 1.93. The SMILES string of the molecule is Cc1ccc(NC(=O)N/C=C/c2ccc(Cl)cc2)cc1Cl. The summed E-state index contributed by atoms with van der Waals surface area (Å²) in [7, 11) is 0. The van der Waals surface area contributed by atoms with Gasteiger partial charge in [-0.1, -0.05) is 41.4 Å². The maximum Gasteiger partial charge on any atom is 0.323 e. The molecule has 2 N–H and O–H groups in total. The molecule has 0 heterocycles. The molecule has 2 aromatic carbocycles. The molecule has 0 radical (unpaired) electrons. The summed E-state index contributed by atoms with van der Waals surface area (Å²) in [6.45, 7) is 1.90. The summed E-state index contributed by atoms with van der Waals surface area (Å²) in [6, 6.07) is 12.3. The second-order valence-corrected chi connectivity index (χ2v) is 5.29. The number of nitrogens with one attached hydrogen (secondary N) is 2. The first kappa shape index (κ1) is 15.4. The van der Waals surface area contributed by atoms with Crippen LogP contribution in [0.4, 0.5) is 10.5 Å². The standard InChI is InChI=1S/C16H14Cl2N2O/c1-11-2-7-14(10-15(11)18)20-16(21)19-9-8-12-3-5-13(17)6-4-12/h2-10H,1H3,(H2,19,20,21)/b9-8+. The van der Waals surface area contributed by atoms with Gasteiger partial charge in [0.1, 0.15) is 0 Å². The molecule has 21 heavy (non-hydrogen) atoms. The molecule has 5 heteroatoms. The molecule has 2 amide bonds. The zero-order valence-electron chi connectivity index (χ0n) is 11.4. The van der Waals surface area contributed by atoms with Crippen LogP contribution in [0.25, 0.3) is 6.08 Å². The van der Waals surface area contributed by atoms with Gasteiger partial charge in [-0.25, -0.2) is 4.79 Å². The van der Waals surface area contributed by atoms with Crippen LogP contribution < -0.4 is 10.6 Å². The lowest BCUT2D eigenvalue weighted by atomic mass is 10.2. The van der Waals surface area contributed by atoms with Gasteiger partial charge >= 0.3 is 6.03 Å². The Labute approximate surface area is 133 Å².